The Morgan fingerprint density at radius 2 is 1.81 bits per heavy atom. The van der Waals surface area contributed by atoms with Gasteiger partial charge in [-0.15, -0.1) is 0 Å². The molecule has 1 fully saturated rings. The Morgan fingerprint density at radius 1 is 1.11 bits per heavy atom. The molecule has 1 saturated heterocycles. The molecule has 1 atom stereocenters. The van der Waals surface area contributed by atoms with Crippen LogP contribution in [0.3, 0.4) is 0 Å². The highest BCUT2D eigenvalue weighted by Gasteiger charge is 2.25. The first-order valence-electron chi connectivity index (χ1n) is 9.13. The van der Waals surface area contributed by atoms with E-state index in [1.807, 2.05) is 24.3 Å². The van der Waals surface area contributed by atoms with Crippen molar-refractivity contribution in [1.29, 1.82) is 0 Å². The van der Waals surface area contributed by atoms with Crippen LogP contribution in [0.5, 0.6) is 5.75 Å². The molecule has 2 aromatic rings. The number of likely N-dealkylation sites (tertiary alicyclic amines) is 1. The first-order chi connectivity index (χ1) is 13.0. The lowest BCUT2D eigenvalue weighted by atomic mass is 10.0. The number of benzene rings is 2. The molecule has 1 aliphatic rings. The van der Waals surface area contributed by atoms with Gasteiger partial charge in [-0.05, 0) is 61.8 Å². The molecule has 0 amide bonds. The second-order valence-corrected chi connectivity index (χ2v) is 8.46. The molecule has 1 heterocycles. The molecule has 146 valence electrons. The highest BCUT2D eigenvalue weighted by molar-refractivity contribution is 7.89. The highest BCUT2D eigenvalue weighted by atomic mass is 32.2. The molecular weight excluding hydrogens is 367 g/mol. The molecule has 2 aromatic carbocycles. The third-order valence-electron chi connectivity index (χ3n) is 4.91. The summed E-state index contributed by atoms with van der Waals surface area (Å²) in [5, 5.41) is 0. The quantitative estimate of drug-likeness (QED) is 0.785. The van der Waals surface area contributed by atoms with Gasteiger partial charge in [0.2, 0.25) is 10.0 Å². The number of hydrogen-bond donors (Lipinski definition) is 1. The average Bonchev–Trinajstić information content (AvgIpc) is 2.69. The fourth-order valence-electron chi connectivity index (χ4n) is 3.42. The third-order valence-corrected chi connectivity index (χ3v) is 6.33. The zero-order valence-electron chi connectivity index (χ0n) is 15.4. The van der Waals surface area contributed by atoms with Crippen LogP contribution in [0.15, 0.2) is 53.4 Å². The van der Waals surface area contributed by atoms with Crippen LogP contribution in [0.1, 0.15) is 30.9 Å². The van der Waals surface area contributed by atoms with Crippen LogP contribution in [0.2, 0.25) is 0 Å². The summed E-state index contributed by atoms with van der Waals surface area (Å²) in [6.45, 7) is 2.09. The van der Waals surface area contributed by atoms with Gasteiger partial charge in [0.25, 0.3) is 0 Å². The predicted octanol–water partition coefficient (Wildman–Crippen LogP) is 3.34. The molecule has 0 saturated carbocycles. The molecular formula is C20H25FN2O3S. The molecule has 0 radical (unpaired) electrons. The summed E-state index contributed by atoms with van der Waals surface area (Å²) in [4.78, 5) is 2.24. The van der Waals surface area contributed by atoms with Gasteiger partial charge < -0.3 is 4.74 Å². The number of halogens is 1. The van der Waals surface area contributed by atoms with E-state index in [4.69, 9.17) is 4.74 Å². The van der Waals surface area contributed by atoms with E-state index in [0.29, 0.717) is 0 Å². The van der Waals surface area contributed by atoms with Crippen molar-refractivity contribution < 1.29 is 17.5 Å². The molecule has 1 N–H and O–H groups in total. The highest BCUT2D eigenvalue weighted by Crippen LogP contribution is 2.26. The summed E-state index contributed by atoms with van der Waals surface area (Å²) in [6, 6.07) is 12.7. The van der Waals surface area contributed by atoms with Crippen LogP contribution in [0.4, 0.5) is 4.39 Å². The van der Waals surface area contributed by atoms with E-state index < -0.39 is 15.8 Å². The van der Waals surface area contributed by atoms with E-state index in [2.05, 4.69) is 9.62 Å². The van der Waals surface area contributed by atoms with Crippen molar-refractivity contribution in [1.82, 2.24) is 9.62 Å². The first-order valence-corrected chi connectivity index (χ1v) is 10.6. The third kappa shape index (κ3) is 5.06. The summed E-state index contributed by atoms with van der Waals surface area (Å²) in [6.07, 6.45) is 3.40. The summed E-state index contributed by atoms with van der Waals surface area (Å²) in [5.74, 6) is 0.192. The normalized spacial score (nSPS) is 16.8. The maximum Gasteiger partial charge on any atom is 0.240 e. The number of hydrogen-bond acceptors (Lipinski definition) is 4. The summed E-state index contributed by atoms with van der Waals surface area (Å²) >= 11 is 0. The molecule has 7 heteroatoms. The van der Waals surface area contributed by atoms with Crippen molar-refractivity contribution in [2.45, 2.75) is 30.2 Å². The SMILES string of the molecule is COc1ccc([C@H](CNS(=O)(=O)c2cccc(F)c2)N2CCCCC2)cc1. The van der Waals surface area contributed by atoms with Crippen LogP contribution >= 0.6 is 0 Å². The van der Waals surface area contributed by atoms with Gasteiger partial charge in [-0.1, -0.05) is 24.6 Å². The monoisotopic (exact) mass is 392 g/mol. The Kier molecular flexibility index (Phi) is 6.46. The molecule has 0 spiro atoms. The molecule has 0 unspecified atom stereocenters. The van der Waals surface area contributed by atoms with Gasteiger partial charge in [-0.2, -0.15) is 0 Å². The second kappa shape index (κ2) is 8.82. The number of ether oxygens (including phenoxy) is 1. The van der Waals surface area contributed by atoms with Crippen LogP contribution in [0.25, 0.3) is 0 Å². The molecule has 1 aliphatic heterocycles. The number of nitrogens with zero attached hydrogens (tertiary/aromatic N) is 1. The van der Waals surface area contributed by atoms with Gasteiger partial charge in [0.15, 0.2) is 0 Å². The Hall–Kier alpha value is -1.96. The number of piperidine rings is 1. The summed E-state index contributed by atoms with van der Waals surface area (Å²) in [7, 11) is -2.16. The van der Waals surface area contributed by atoms with Crippen molar-refractivity contribution in [3.05, 3.63) is 59.9 Å². The lowest BCUT2D eigenvalue weighted by molar-refractivity contribution is 0.164. The van der Waals surface area contributed by atoms with Crippen molar-refractivity contribution in [2.75, 3.05) is 26.7 Å². The standard InChI is InChI=1S/C20H25FN2O3S/c1-26-18-10-8-16(9-11-18)20(23-12-3-2-4-13-23)15-22-27(24,25)19-7-5-6-17(21)14-19/h5-11,14,20,22H,2-4,12-13,15H2,1H3/t20-/m0/s1. The van der Waals surface area contributed by atoms with Crippen LogP contribution in [0, 0.1) is 5.82 Å². The number of rotatable bonds is 7. The Bertz CT molecular complexity index is 850. The van der Waals surface area contributed by atoms with Crippen molar-refractivity contribution in [3.63, 3.8) is 0 Å². The van der Waals surface area contributed by atoms with Gasteiger partial charge in [-0.25, -0.2) is 17.5 Å². The second-order valence-electron chi connectivity index (χ2n) is 6.69. The number of sulfonamides is 1. The molecule has 0 bridgehead atoms. The predicted molar refractivity (Wildman–Crippen MR) is 103 cm³/mol. The maximum absolute atomic E-state index is 13.4. The van der Waals surface area contributed by atoms with Crippen molar-refractivity contribution in [2.24, 2.45) is 0 Å². The Labute approximate surface area is 160 Å². The molecule has 3 rings (SSSR count). The summed E-state index contributed by atoms with van der Waals surface area (Å²) < 4.78 is 46.5. The Morgan fingerprint density at radius 3 is 2.44 bits per heavy atom. The van der Waals surface area contributed by atoms with Crippen LogP contribution in [-0.2, 0) is 10.0 Å². The first kappa shape index (κ1) is 19.8. The average molecular weight is 392 g/mol. The smallest absolute Gasteiger partial charge is 0.240 e. The Balaban J connectivity index is 1.80. The minimum absolute atomic E-state index is 0.0605. The lowest BCUT2D eigenvalue weighted by Crippen LogP contribution is -2.40. The van der Waals surface area contributed by atoms with Gasteiger partial charge in [0, 0.05) is 12.6 Å². The fraction of sp³-hybridized carbons (Fsp3) is 0.400. The van der Waals surface area contributed by atoms with Gasteiger partial charge in [0.05, 0.1) is 12.0 Å². The van der Waals surface area contributed by atoms with Crippen molar-refractivity contribution >= 4 is 10.0 Å². The minimum Gasteiger partial charge on any atom is -0.497 e. The molecule has 0 aliphatic carbocycles. The van der Waals surface area contributed by atoms with E-state index in [-0.39, 0.29) is 17.5 Å². The van der Waals surface area contributed by atoms with Crippen LogP contribution in [-0.4, -0.2) is 40.1 Å². The van der Waals surface area contributed by atoms with Gasteiger partial charge >= 0.3 is 0 Å². The van der Waals surface area contributed by atoms with E-state index in [9.17, 15) is 12.8 Å². The van der Waals surface area contributed by atoms with E-state index in [1.165, 1.54) is 24.6 Å². The van der Waals surface area contributed by atoms with E-state index >= 15 is 0 Å². The topological polar surface area (TPSA) is 58.6 Å². The minimum atomic E-state index is -3.78. The van der Waals surface area contributed by atoms with Crippen LogP contribution < -0.4 is 9.46 Å². The van der Waals surface area contributed by atoms with Gasteiger partial charge in [-0.3, -0.25) is 4.90 Å². The lowest BCUT2D eigenvalue weighted by Gasteiger charge is -2.35. The maximum atomic E-state index is 13.4. The number of nitrogens with one attached hydrogen (secondary N) is 1. The van der Waals surface area contributed by atoms with E-state index in [0.717, 1.165) is 43.3 Å². The van der Waals surface area contributed by atoms with Crippen molar-refractivity contribution in [3.8, 4) is 5.75 Å². The molecule has 5 nitrogen and oxygen atoms in total. The fourth-order valence-corrected chi connectivity index (χ4v) is 4.49. The van der Waals surface area contributed by atoms with E-state index in [1.54, 1.807) is 7.11 Å². The zero-order chi connectivity index (χ0) is 19.3. The summed E-state index contributed by atoms with van der Waals surface area (Å²) in [5.41, 5.74) is 1.03. The molecule has 27 heavy (non-hydrogen) atoms. The van der Waals surface area contributed by atoms with Gasteiger partial charge in [0.1, 0.15) is 11.6 Å². The molecule has 0 aromatic heterocycles. The zero-order valence-corrected chi connectivity index (χ0v) is 16.2. The largest absolute Gasteiger partial charge is 0.497 e. The number of methoxy groups -OCH3 is 1.